The Morgan fingerprint density at radius 3 is 2.31 bits per heavy atom. The number of piperazine rings is 1. The largest absolute Gasteiger partial charge is 0.353 e. The van der Waals surface area contributed by atoms with Crippen molar-refractivity contribution in [1.29, 1.82) is 0 Å². The van der Waals surface area contributed by atoms with Crippen LogP contribution in [0.15, 0.2) is 65.6 Å². The number of carbonyl (C=O) groups excluding carboxylic acids is 1. The van der Waals surface area contributed by atoms with Crippen molar-refractivity contribution in [2.24, 2.45) is 0 Å². The fourth-order valence-electron chi connectivity index (χ4n) is 4.58. The van der Waals surface area contributed by atoms with E-state index < -0.39 is 0 Å². The highest BCUT2D eigenvalue weighted by molar-refractivity contribution is 5.94. The van der Waals surface area contributed by atoms with E-state index in [4.69, 9.17) is 0 Å². The van der Waals surface area contributed by atoms with Crippen LogP contribution < -0.4 is 10.5 Å². The molecule has 0 N–H and O–H groups in total. The van der Waals surface area contributed by atoms with Gasteiger partial charge in [-0.2, -0.15) is 0 Å². The monoisotopic (exact) mass is 467 g/mol. The zero-order chi connectivity index (χ0) is 24.5. The lowest BCUT2D eigenvalue weighted by atomic mass is 10.1. The summed E-state index contributed by atoms with van der Waals surface area (Å²) >= 11 is 0. The normalized spacial score (nSPS) is 13.9. The number of aromatic nitrogens is 3. The van der Waals surface area contributed by atoms with Crippen LogP contribution in [0.25, 0.3) is 11.0 Å². The summed E-state index contributed by atoms with van der Waals surface area (Å²) in [5.74, 6) is 0.981. The Morgan fingerprint density at radius 2 is 1.63 bits per heavy atom. The Labute approximate surface area is 204 Å². The third kappa shape index (κ3) is 4.54. The summed E-state index contributed by atoms with van der Waals surface area (Å²) < 4.78 is 1.78. The standard InChI is InChI=1S/C28H29N5O2/c1-19-16-24-25(17-20(19)2)33(27(34)21(3)30-24)18-22-7-9-23(10-8-22)28(35)32-14-12-31(13-15-32)26-6-4-5-11-29-26/h4-11,16-17H,12-15,18H2,1-3H3. The molecule has 4 aromatic rings. The predicted octanol–water partition coefficient (Wildman–Crippen LogP) is 3.73. The molecule has 0 unspecified atom stereocenters. The van der Waals surface area contributed by atoms with Gasteiger partial charge in [0.25, 0.3) is 11.5 Å². The molecular weight excluding hydrogens is 438 g/mol. The Kier molecular flexibility index (Phi) is 6.07. The maximum Gasteiger partial charge on any atom is 0.272 e. The molecule has 1 aliphatic rings. The highest BCUT2D eigenvalue weighted by Gasteiger charge is 2.22. The third-order valence-electron chi connectivity index (χ3n) is 6.81. The molecule has 7 nitrogen and oxygen atoms in total. The SMILES string of the molecule is Cc1cc2nc(C)c(=O)n(Cc3ccc(C(=O)N4CCN(c5ccccn5)CC4)cc3)c2cc1C. The Balaban J connectivity index is 1.31. The number of nitrogens with zero attached hydrogens (tertiary/aromatic N) is 5. The number of fused-ring (bicyclic) bond motifs is 1. The summed E-state index contributed by atoms with van der Waals surface area (Å²) in [7, 11) is 0. The zero-order valence-electron chi connectivity index (χ0n) is 20.4. The summed E-state index contributed by atoms with van der Waals surface area (Å²) in [6.07, 6.45) is 1.79. The molecule has 0 saturated carbocycles. The molecule has 0 aliphatic carbocycles. The quantitative estimate of drug-likeness (QED) is 0.457. The number of pyridine rings is 1. The fraction of sp³-hybridized carbons (Fsp3) is 0.286. The minimum Gasteiger partial charge on any atom is -0.353 e. The third-order valence-corrected chi connectivity index (χ3v) is 6.81. The summed E-state index contributed by atoms with van der Waals surface area (Å²) in [6, 6.07) is 17.5. The van der Waals surface area contributed by atoms with Crippen LogP contribution in [0.4, 0.5) is 5.82 Å². The van der Waals surface area contributed by atoms with E-state index in [9.17, 15) is 9.59 Å². The van der Waals surface area contributed by atoms with E-state index in [1.54, 1.807) is 17.7 Å². The van der Waals surface area contributed by atoms with Crippen molar-refractivity contribution in [3.8, 4) is 0 Å². The highest BCUT2D eigenvalue weighted by Crippen LogP contribution is 2.19. The lowest BCUT2D eigenvalue weighted by Crippen LogP contribution is -2.49. The molecule has 0 bridgehead atoms. The van der Waals surface area contributed by atoms with Gasteiger partial charge < -0.3 is 14.4 Å². The second-order valence-electron chi connectivity index (χ2n) is 9.18. The Morgan fingerprint density at radius 1 is 0.914 bits per heavy atom. The van der Waals surface area contributed by atoms with Gasteiger partial charge in [0.15, 0.2) is 0 Å². The second-order valence-corrected chi connectivity index (χ2v) is 9.18. The minimum atomic E-state index is -0.0910. The van der Waals surface area contributed by atoms with Crippen LogP contribution >= 0.6 is 0 Å². The number of hydrogen-bond donors (Lipinski definition) is 0. The number of hydrogen-bond acceptors (Lipinski definition) is 5. The van der Waals surface area contributed by atoms with Gasteiger partial charge in [-0.1, -0.05) is 18.2 Å². The van der Waals surface area contributed by atoms with Crippen molar-refractivity contribution in [1.82, 2.24) is 19.4 Å². The van der Waals surface area contributed by atoms with Gasteiger partial charge in [-0.3, -0.25) is 9.59 Å². The second kappa shape index (κ2) is 9.33. The van der Waals surface area contributed by atoms with Gasteiger partial charge in [-0.05, 0) is 73.9 Å². The topological polar surface area (TPSA) is 71.3 Å². The maximum atomic E-state index is 13.1. The number of carbonyl (C=O) groups is 1. The first-order valence-corrected chi connectivity index (χ1v) is 11.9. The predicted molar refractivity (Wildman–Crippen MR) is 138 cm³/mol. The van der Waals surface area contributed by atoms with Gasteiger partial charge >= 0.3 is 0 Å². The summed E-state index contributed by atoms with van der Waals surface area (Å²) in [6.45, 7) is 9.12. The maximum absolute atomic E-state index is 13.1. The molecule has 0 spiro atoms. The van der Waals surface area contributed by atoms with Gasteiger partial charge in [0.1, 0.15) is 11.5 Å². The smallest absolute Gasteiger partial charge is 0.272 e. The van der Waals surface area contributed by atoms with Crippen molar-refractivity contribution in [2.75, 3.05) is 31.1 Å². The van der Waals surface area contributed by atoms with Gasteiger partial charge in [-0.25, -0.2) is 9.97 Å². The number of rotatable bonds is 4. The van der Waals surface area contributed by atoms with Gasteiger partial charge in [-0.15, -0.1) is 0 Å². The molecular formula is C28H29N5O2. The molecule has 0 radical (unpaired) electrons. The number of aryl methyl sites for hydroxylation is 3. The summed E-state index contributed by atoms with van der Waals surface area (Å²) in [5.41, 5.74) is 5.95. The molecule has 1 aliphatic heterocycles. The van der Waals surface area contributed by atoms with Crippen LogP contribution in [0.1, 0.15) is 32.7 Å². The Bertz CT molecular complexity index is 1440. The molecule has 178 valence electrons. The van der Waals surface area contributed by atoms with Crippen LogP contribution in [0.2, 0.25) is 0 Å². The number of amides is 1. The van der Waals surface area contributed by atoms with Crippen molar-refractivity contribution in [3.05, 3.63) is 99.1 Å². The van der Waals surface area contributed by atoms with E-state index in [-0.39, 0.29) is 11.5 Å². The van der Waals surface area contributed by atoms with Crippen molar-refractivity contribution < 1.29 is 4.79 Å². The minimum absolute atomic E-state index is 0.0330. The molecule has 0 atom stereocenters. The van der Waals surface area contributed by atoms with E-state index in [0.717, 1.165) is 46.6 Å². The van der Waals surface area contributed by atoms with E-state index in [1.165, 1.54) is 0 Å². The molecule has 1 amide bonds. The molecule has 3 heterocycles. The first kappa shape index (κ1) is 22.8. The van der Waals surface area contributed by atoms with Gasteiger partial charge in [0.2, 0.25) is 0 Å². The van der Waals surface area contributed by atoms with Crippen LogP contribution in [0.3, 0.4) is 0 Å². The molecule has 35 heavy (non-hydrogen) atoms. The van der Waals surface area contributed by atoms with Crippen LogP contribution in [-0.4, -0.2) is 51.5 Å². The number of benzene rings is 2. The van der Waals surface area contributed by atoms with Gasteiger partial charge in [0.05, 0.1) is 17.6 Å². The zero-order valence-corrected chi connectivity index (χ0v) is 20.4. The summed E-state index contributed by atoms with van der Waals surface area (Å²) in [4.78, 5) is 39.0. The molecule has 1 saturated heterocycles. The molecule has 7 heteroatoms. The fourth-order valence-corrected chi connectivity index (χ4v) is 4.58. The molecule has 2 aromatic carbocycles. The van der Waals surface area contributed by atoms with Crippen LogP contribution in [0.5, 0.6) is 0 Å². The molecule has 2 aromatic heterocycles. The first-order chi connectivity index (χ1) is 16.9. The highest BCUT2D eigenvalue weighted by atomic mass is 16.2. The van der Waals surface area contributed by atoms with Crippen LogP contribution in [0, 0.1) is 20.8 Å². The number of anilines is 1. The summed E-state index contributed by atoms with van der Waals surface area (Å²) in [5, 5.41) is 0. The van der Waals surface area contributed by atoms with E-state index in [0.29, 0.717) is 30.9 Å². The van der Waals surface area contributed by atoms with E-state index >= 15 is 0 Å². The average Bonchev–Trinajstić information content (AvgIpc) is 2.89. The van der Waals surface area contributed by atoms with E-state index in [2.05, 4.69) is 21.8 Å². The van der Waals surface area contributed by atoms with Crippen molar-refractivity contribution in [3.63, 3.8) is 0 Å². The molecule has 1 fully saturated rings. The molecule has 5 rings (SSSR count). The average molecular weight is 468 g/mol. The Hall–Kier alpha value is -4.00. The van der Waals surface area contributed by atoms with E-state index in [1.807, 2.05) is 66.4 Å². The lowest BCUT2D eigenvalue weighted by Gasteiger charge is -2.35. The van der Waals surface area contributed by atoms with Crippen LogP contribution in [-0.2, 0) is 6.54 Å². The first-order valence-electron chi connectivity index (χ1n) is 11.9. The van der Waals surface area contributed by atoms with Crippen molar-refractivity contribution >= 4 is 22.8 Å². The van der Waals surface area contributed by atoms with Crippen molar-refractivity contribution in [2.45, 2.75) is 27.3 Å². The van der Waals surface area contributed by atoms with Gasteiger partial charge in [0, 0.05) is 37.9 Å². The lowest BCUT2D eigenvalue weighted by molar-refractivity contribution is 0.0746.